The fourth-order valence-electron chi connectivity index (χ4n) is 4.25. The first-order chi connectivity index (χ1) is 13.7. The fraction of sp³-hybridized carbons (Fsp3) is 0.708. The number of nitrogens with zero attached hydrogens (tertiary/aromatic N) is 3. The van der Waals surface area contributed by atoms with Crippen LogP contribution in [0.1, 0.15) is 76.7 Å². The zero-order chi connectivity index (χ0) is 20.1. The average Bonchev–Trinajstić information content (AvgIpc) is 2.71. The molecule has 0 aliphatic carbocycles. The Morgan fingerprint density at radius 3 is 1.96 bits per heavy atom. The van der Waals surface area contributed by atoms with Crippen LogP contribution in [0.4, 0.5) is 5.69 Å². The van der Waals surface area contributed by atoms with Crippen LogP contribution in [0.5, 0.6) is 0 Å². The molecule has 0 atom stereocenters. The fourth-order valence-corrected chi connectivity index (χ4v) is 4.25. The molecular weight excluding hydrogens is 346 g/mol. The largest absolute Gasteiger partial charge is 0.411 e. The number of hydrogen-bond donors (Lipinski definition) is 1. The summed E-state index contributed by atoms with van der Waals surface area (Å²) < 4.78 is 1.22. The van der Waals surface area contributed by atoms with Crippen LogP contribution in [0.15, 0.2) is 29.4 Å². The second-order valence-electron chi connectivity index (χ2n) is 8.80. The molecule has 1 saturated heterocycles. The van der Waals surface area contributed by atoms with Gasteiger partial charge in [-0.25, -0.2) is 0 Å². The summed E-state index contributed by atoms with van der Waals surface area (Å²) >= 11 is 0. The van der Waals surface area contributed by atoms with Crippen molar-refractivity contribution in [1.29, 1.82) is 0 Å². The first-order valence-electron chi connectivity index (χ1n) is 11.5. The van der Waals surface area contributed by atoms with Crippen LogP contribution in [0.2, 0.25) is 0 Å². The number of oxime groups is 1. The van der Waals surface area contributed by atoms with Crippen molar-refractivity contribution in [2.45, 2.75) is 71.1 Å². The van der Waals surface area contributed by atoms with E-state index in [0.29, 0.717) is 0 Å². The number of piperazine rings is 1. The van der Waals surface area contributed by atoms with E-state index in [1.807, 2.05) is 12.1 Å². The Bertz CT molecular complexity index is 547. The molecule has 0 amide bonds. The Hall–Kier alpha value is -1.55. The molecule has 4 heteroatoms. The van der Waals surface area contributed by atoms with E-state index < -0.39 is 0 Å². The van der Waals surface area contributed by atoms with Gasteiger partial charge in [0.05, 0.1) is 46.0 Å². The maximum absolute atomic E-state index is 8.62. The molecule has 0 unspecified atom stereocenters. The van der Waals surface area contributed by atoms with Crippen molar-refractivity contribution >= 4 is 11.9 Å². The lowest BCUT2D eigenvalue weighted by Crippen LogP contribution is -2.57. The summed E-state index contributed by atoms with van der Waals surface area (Å²) in [6.45, 7) is 8.34. The normalized spacial score (nSPS) is 16.7. The van der Waals surface area contributed by atoms with Crippen LogP contribution in [-0.2, 0) is 0 Å². The predicted octanol–water partition coefficient (Wildman–Crippen LogP) is 5.68. The average molecular weight is 389 g/mol. The zero-order valence-electron chi connectivity index (χ0n) is 18.3. The Balaban J connectivity index is 1.57. The van der Waals surface area contributed by atoms with Crippen molar-refractivity contribution < 1.29 is 9.69 Å². The highest BCUT2D eigenvalue weighted by Crippen LogP contribution is 2.20. The summed E-state index contributed by atoms with van der Waals surface area (Å²) in [6, 6.07) is 8.30. The second-order valence-corrected chi connectivity index (χ2v) is 8.80. The Morgan fingerprint density at radius 1 is 0.893 bits per heavy atom. The van der Waals surface area contributed by atoms with Crippen LogP contribution in [0.3, 0.4) is 0 Å². The molecule has 2 rings (SSSR count). The van der Waals surface area contributed by atoms with Crippen molar-refractivity contribution in [3.63, 3.8) is 0 Å². The molecule has 0 bridgehead atoms. The zero-order valence-corrected chi connectivity index (χ0v) is 18.3. The Kier molecular flexibility index (Phi) is 10.4. The van der Waals surface area contributed by atoms with Crippen molar-refractivity contribution in [3.05, 3.63) is 29.8 Å². The number of unbranched alkanes of at least 4 members (excludes halogenated alkanes) is 9. The molecule has 4 nitrogen and oxygen atoms in total. The summed E-state index contributed by atoms with van der Waals surface area (Å²) in [5.74, 6) is 0. The topological polar surface area (TPSA) is 35.8 Å². The van der Waals surface area contributed by atoms with Gasteiger partial charge in [-0.05, 0) is 30.5 Å². The van der Waals surface area contributed by atoms with E-state index in [1.54, 1.807) is 0 Å². The van der Waals surface area contributed by atoms with Gasteiger partial charge in [-0.1, -0.05) is 75.6 Å². The third kappa shape index (κ3) is 8.22. The Labute approximate surface area is 172 Å². The van der Waals surface area contributed by atoms with E-state index in [2.05, 4.69) is 36.2 Å². The van der Waals surface area contributed by atoms with E-state index in [1.165, 1.54) is 100 Å². The molecule has 0 spiro atoms. The van der Waals surface area contributed by atoms with Gasteiger partial charge in [0.1, 0.15) is 0 Å². The van der Waals surface area contributed by atoms with Crippen molar-refractivity contribution in [2.75, 3.05) is 44.7 Å². The van der Waals surface area contributed by atoms with Gasteiger partial charge in [0, 0.05) is 5.69 Å². The molecule has 0 radical (unpaired) electrons. The minimum Gasteiger partial charge on any atom is -0.411 e. The number of likely N-dealkylation sites (N-methyl/N-ethyl adjacent to an activating group) is 1. The van der Waals surface area contributed by atoms with E-state index in [9.17, 15) is 0 Å². The van der Waals surface area contributed by atoms with E-state index >= 15 is 0 Å². The molecule has 28 heavy (non-hydrogen) atoms. The minimum atomic E-state index is 0.935. The summed E-state index contributed by atoms with van der Waals surface area (Å²) in [5.41, 5.74) is 2.21. The highest BCUT2D eigenvalue weighted by molar-refractivity contribution is 5.79. The number of anilines is 1. The number of quaternary nitrogens is 1. The van der Waals surface area contributed by atoms with E-state index in [-0.39, 0.29) is 0 Å². The number of rotatable bonds is 13. The van der Waals surface area contributed by atoms with Gasteiger partial charge >= 0.3 is 0 Å². The number of hydrogen-bond acceptors (Lipinski definition) is 3. The van der Waals surface area contributed by atoms with Crippen molar-refractivity contribution in [1.82, 2.24) is 0 Å². The lowest BCUT2D eigenvalue weighted by atomic mass is 10.1. The standard InChI is InChI=1S/C24H41N3O/c1-3-4-5-6-7-8-9-10-11-12-19-27(2)20-17-26(18-21-27)24-15-13-23(14-16-24)22-25-28/h13-16,22H,3-12,17-21H2,1-2H3/p+1/b25-22-. The SMILES string of the molecule is CCCCCCCCCCCC[N+]1(C)CCN(c2ccc(/C=N\O)cc2)CC1. The van der Waals surface area contributed by atoms with Crippen LogP contribution in [0.25, 0.3) is 0 Å². The molecule has 158 valence electrons. The molecular formula is C24H42N3O+. The van der Waals surface area contributed by atoms with Crippen molar-refractivity contribution in [2.24, 2.45) is 5.16 Å². The molecule has 1 aromatic rings. The lowest BCUT2D eigenvalue weighted by molar-refractivity contribution is -0.910. The Morgan fingerprint density at radius 2 is 1.43 bits per heavy atom. The van der Waals surface area contributed by atoms with Gasteiger partial charge < -0.3 is 14.6 Å². The first-order valence-corrected chi connectivity index (χ1v) is 11.5. The molecule has 1 fully saturated rings. The summed E-state index contributed by atoms with van der Waals surface area (Å²) in [5, 5.41) is 11.7. The highest BCUT2D eigenvalue weighted by Gasteiger charge is 2.28. The molecule has 1 heterocycles. The van der Waals surface area contributed by atoms with E-state index in [4.69, 9.17) is 5.21 Å². The number of benzene rings is 1. The molecule has 1 aliphatic heterocycles. The molecule has 0 saturated carbocycles. The maximum Gasteiger partial charge on any atom is 0.0963 e. The van der Waals surface area contributed by atoms with Gasteiger partial charge in [-0.15, -0.1) is 0 Å². The van der Waals surface area contributed by atoms with Gasteiger partial charge in [0.25, 0.3) is 0 Å². The second kappa shape index (κ2) is 12.8. The first kappa shape index (κ1) is 22.7. The third-order valence-corrected chi connectivity index (χ3v) is 6.34. The monoisotopic (exact) mass is 388 g/mol. The molecule has 1 aliphatic rings. The van der Waals surface area contributed by atoms with Crippen LogP contribution < -0.4 is 4.90 Å². The molecule has 1 aromatic carbocycles. The smallest absolute Gasteiger partial charge is 0.0963 e. The quantitative estimate of drug-likeness (QED) is 0.155. The van der Waals surface area contributed by atoms with Crippen molar-refractivity contribution in [3.8, 4) is 0 Å². The summed E-state index contributed by atoms with van der Waals surface area (Å²) in [7, 11) is 2.44. The lowest BCUT2D eigenvalue weighted by Gasteiger charge is -2.43. The van der Waals surface area contributed by atoms with E-state index in [0.717, 1.165) is 18.7 Å². The summed E-state index contributed by atoms with van der Waals surface area (Å²) in [6.07, 6.45) is 15.6. The van der Waals surface area contributed by atoms with Crippen LogP contribution in [-0.4, -0.2) is 55.7 Å². The molecule has 0 aromatic heterocycles. The molecule has 1 N–H and O–H groups in total. The third-order valence-electron chi connectivity index (χ3n) is 6.34. The van der Waals surface area contributed by atoms with Gasteiger partial charge in [0.15, 0.2) is 0 Å². The van der Waals surface area contributed by atoms with Gasteiger partial charge in [0.2, 0.25) is 0 Å². The van der Waals surface area contributed by atoms with Gasteiger partial charge in [-0.3, -0.25) is 0 Å². The van der Waals surface area contributed by atoms with Gasteiger partial charge in [-0.2, -0.15) is 0 Å². The van der Waals surface area contributed by atoms with Crippen LogP contribution >= 0.6 is 0 Å². The summed E-state index contributed by atoms with van der Waals surface area (Å²) in [4.78, 5) is 2.48. The maximum atomic E-state index is 8.62. The highest BCUT2D eigenvalue weighted by atomic mass is 16.4. The predicted molar refractivity (Wildman–Crippen MR) is 121 cm³/mol. The van der Waals surface area contributed by atoms with Crippen LogP contribution in [0, 0.1) is 0 Å². The minimum absolute atomic E-state index is 0.935.